The normalized spacial score (nSPS) is 11.1. The van der Waals surface area contributed by atoms with E-state index in [0.717, 1.165) is 10.0 Å². The molecule has 0 unspecified atom stereocenters. The SMILES string of the molecule is N#C/C(=C/c1cc(Cl)c(OCc2ccc(Cl)cc2Cl)c(Br)c1)C(=O)Nc1cccc(Br)c1. The van der Waals surface area contributed by atoms with Crippen molar-refractivity contribution in [1.29, 1.82) is 5.26 Å². The first-order chi connectivity index (χ1) is 15.3. The lowest BCUT2D eigenvalue weighted by molar-refractivity contribution is -0.112. The number of hydrogen-bond acceptors (Lipinski definition) is 3. The van der Waals surface area contributed by atoms with Crippen LogP contribution in [0.3, 0.4) is 0 Å². The summed E-state index contributed by atoms with van der Waals surface area (Å²) in [6.07, 6.45) is 1.45. The molecule has 0 aliphatic carbocycles. The third-order valence-corrected chi connectivity index (χ3v) is 6.12. The summed E-state index contributed by atoms with van der Waals surface area (Å²) in [6, 6.07) is 17.4. The molecule has 3 aromatic rings. The standard InChI is InChI=1S/C23H13Br2Cl3N2O2/c24-16-2-1-3-18(9-16)30-23(31)15(11-29)6-13-7-19(25)22(21(28)8-13)32-12-14-4-5-17(26)10-20(14)27/h1-10H,12H2,(H,30,31)/b15-6-. The van der Waals surface area contributed by atoms with Crippen molar-refractivity contribution >= 4 is 84.3 Å². The fourth-order valence-corrected chi connectivity index (χ4v) is 4.52. The molecule has 0 spiro atoms. The highest BCUT2D eigenvalue weighted by Crippen LogP contribution is 2.36. The molecule has 0 saturated heterocycles. The molecule has 162 valence electrons. The van der Waals surface area contributed by atoms with Crippen LogP contribution in [0.15, 0.2) is 69.1 Å². The van der Waals surface area contributed by atoms with E-state index in [2.05, 4.69) is 37.2 Å². The van der Waals surface area contributed by atoms with E-state index >= 15 is 0 Å². The second-order valence-electron chi connectivity index (χ2n) is 6.47. The summed E-state index contributed by atoms with van der Waals surface area (Å²) in [5, 5.41) is 13.5. The molecule has 9 heteroatoms. The number of anilines is 1. The molecule has 0 atom stereocenters. The van der Waals surface area contributed by atoms with Gasteiger partial charge in [-0.2, -0.15) is 5.26 Å². The van der Waals surface area contributed by atoms with Crippen molar-refractivity contribution in [2.24, 2.45) is 0 Å². The summed E-state index contributed by atoms with van der Waals surface area (Å²) in [6.45, 7) is 0.183. The lowest BCUT2D eigenvalue weighted by atomic mass is 10.1. The number of benzene rings is 3. The number of rotatable bonds is 6. The number of amides is 1. The van der Waals surface area contributed by atoms with Gasteiger partial charge in [-0.15, -0.1) is 0 Å². The van der Waals surface area contributed by atoms with Gasteiger partial charge >= 0.3 is 0 Å². The summed E-state index contributed by atoms with van der Waals surface area (Å²) in [7, 11) is 0. The van der Waals surface area contributed by atoms with Crippen LogP contribution in [0.4, 0.5) is 5.69 Å². The van der Waals surface area contributed by atoms with Crippen molar-refractivity contribution < 1.29 is 9.53 Å². The van der Waals surface area contributed by atoms with Crippen LogP contribution in [0.25, 0.3) is 6.08 Å². The van der Waals surface area contributed by atoms with Crippen molar-refractivity contribution in [3.8, 4) is 11.8 Å². The van der Waals surface area contributed by atoms with E-state index in [0.29, 0.717) is 36.5 Å². The molecule has 1 N–H and O–H groups in total. The average molecular weight is 616 g/mol. The summed E-state index contributed by atoms with van der Waals surface area (Å²) in [4.78, 5) is 12.5. The minimum Gasteiger partial charge on any atom is -0.486 e. The zero-order valence-corrected chi connectivity index (χ0v) is 21.6. The summed E-state index contributed by atoms with van der Waals surface area (Å²) in [5.74, 6) is -0.123. The van der Waals surface area contributed by atoms with E-state index < -0.39 is 5.91 Å². The molecular formula is C23H13Br2Cl3N2O2. The molecule has 0 aliphatic heterocycles. The maximum absolute atomic E-state index is 12.5. The summed E-state index contributed by atoms with van der Waals surface area (Å²) >= 11 is 25.3. The first-order valence-electron chi connectivity index (χ1n) is 9.01. The highest BCUT2D eigenvalue weighted by molar-refractivity contribution is 9.10. The van der Waals surface area contributed by atoms with Gasteiger partial charge in [-0.25, -0.2) is 0 Å². The highest BCUT2D eigenvalue weighted by atomic mass is 79.9. The number of nitrogens with zero attached hydrogens (tertiary/aromatic N) is 1. The Morgan fingerprint density at radius 1 is 1.06 bits per heavy atom. The van der Waals surface area contributed by atoms with Crippen LogP contribution in [0, 0.1) is 11.3 Å². The van der Waals surface area contributed by atoms with Crippen LogP contribution >= 0.6 is 66.7 Å². The van der Waals surface area contributed by atoms with E-state index in [9.17, 15) is 10.1 Å². The molecule has 0 aliphatic rings. The van der Waals surface area contributed by atoms with Gasteiger partial charge in [0.1, 0.15) is 18.2 Å². The number of nitrogens with one attached hydrogen (secondary N) is 1. The van der Waals surface area contributed by atoms with Gasteiger partial charge in [0.25, 0.3) is 5.91 Å². The fraction of sp³-hybridized carbons (Fsp3) is 0.0435. The Hall–Kier alpha value is -2.01. The molecule has 3 rings (SSSR count). The molecule has 1 amide bonds. The molecule has 4 nitrogen and oxygen atoms in total. The van der Waals surface area contributed by atoms with E-state index in [1.165, 1.54) is 6.08 Å². The predicted octanol–water partition coefficient (Wildman–Crippen LogP) is 8.30. The largest absolute Gasteiger partial charge is 0.486 e. The van der Waals surface area contributed by atoms with E-state index in [1.54, 1.807) is 48.5 Å². The minimum atomic E-state index is -0.532. The maximum atomic E-state index is 12.5. The van der Waals surface area contributed by atoms with E-state index in [-0.39, 0.29) is 12.2 Å². The number of hydrogen-bond donors (Lipinski definition) is 1. The number of carbonyl (C=O) groups excluding carboxylic acids is 1. The minimum absolute atomic E-state index is 0.0745. The topological polar surface area (TPSA) is 62.1 Å². The zero-order valence-electron chi connectivity index (χ0n) is 16.1. The number of halogens is 5. The third kappa shape index (κ3) is 6.50. The van der Waals surface area contributed by atoms with Crippen molar-refractivity contribution in [2.75, 3.05) is 5.32 Å². The Labute approximate surface area is 217 Å². The highest BCUT2D eigenvalue weighted by Gasteiger charge is 2.14. The van der Waals surface area contributed by atoms with Gasteiger partial charge < -0.3 is 10.1 Å². The second kappa shape index (κ2) is 11.2. The Morgan fingerprint density at radius 3 is 2.50 bits per heavy atom. The molecule has 0 bridgehead atoms. The Balaban J connectivity index is 1.78. The average Bonchev–Trinajstić information content (AvgIpc) is 2.72. The van der Waals surface area contributed by atoms with Gasteiger partial charge in [-0.3, -0.25) is 4.79 Å². The van der Waals surface area contributed by atoms with Crippen LogP contribution in [0.2, 0.25) is 15.1 Å². The lowest BCUT2D eigenvalue weighted by Crippen LogP contribution is -2.13. The first kappa shape index (κ1) is 24.6. The lowest BCUT2D eigenvalue weighted by Gasteiger charge is -2.12. The van der Waals surface area contributed by atoms with Crippen LogP contribution < -0.4 is 10.1 Å². The van der Waals surface area contributed by atoms with Crippen molar-refractivity contribution in [1.82, 2.24) is 0 Å². The molecule has 0 radical (unpaired) electrons. The van der Waals surface area contributed by atoms with Gasteiger partial charge in [0.2, 0.25) is 0 Å². The Morgan fingerprint density at radius 2 is 1.84 bits per heavy atom. The smallest absolute Gasteiger partial charge is 0.266 e. The Kier molecular flexibility index (Phi) is 8.64. The van der Waals surface area contributed by atoms with Crippen LogP contribution in [-0.2, 0) is 11.4 Å². The van der Waals surface area contributed by atoms with Crippen LogP contribution in [0.1, 0.15) is 11.1 Å². The van der Waals surface area contributed by atoms with Crippen LogP contribution in [0.5, 0.6) is 5.75 Å². The molecular weight excluding hydrogens is 602 g/mol. The van der Waals surface area contributed by atoms with Crippen molar-refractivity contribution in [3.63, 3.8) is 0 Å². The zero-order chi connectivity index (χ0) is 23.3. The van der Waals surface area contributed by atoms with Gasteiger partial charge in [0.05, 0.1) is 9.50 Å². The molecule has 0 fully saturated rings. The van der Waals surface area contributed by atoms with Gasteiger partial charge in [0.15, 0.2) is 5.75 Å². The maximum Gasteiger partial charge on any atom is 0.266 e. The predicted molar refractivity (Wildman–Crippen MR) is 136 cm³/mol. The van der Waals surface area contributed by atoms with Crippen molar-refractivity contribution in [2.45, 2.75) is 6.61 Å². The summed E-state index contributed by atoms with van der Waals surface area (Å²) in [5.41, 5.74) is 1.79. The monoisotopic (exact) mass is 612 g/mol. The molecule has 32 heavy (non-hydrogen) atoms. The molecule has 0 saturated carbocycles. The second-order valence-corrected chi connectivity index (χ2v) is 9.49. The summed E-state index contributed by atoms with van der Waals surface area (Å²) < 4.78 is 7.19. The third-order valence-electron chi connectivity index (χ3n) is 4.17. The molecule has 3 aromatic carbocycles. The number of ether oxygens (including phenoxy) is 1. The number of nitriles is 1. The van der Waals surface area contributed by atoms with Gasteiger partial charge in [-0.1, -0.05) is 62.9 Å². The molecule has 0 aromatic heterocycles. The van der Waals surface area contributed by atoms with E-state index in [4.69, 9.17) is 39.5 Å². The van der Waals surface area contributed by atoms with Gasteiger partial charge in [0, 0.05) is 25.8 Å². The van der Waals surface area contributed by atoms with Crippen molar-refractivity contribution in [3.05, 3.63) is 95.3 Å². The fourth-order valence-electron chi connectivity index (χ4n) is 2.67. The van der Waals surface area contributed by atoms with E-state index in [1.807, 2.05) is 12.1 Å². The Bertz CT molecular complexity index is 1230. The molecule has 0 heterocycles. The quantitative estimate of drug-likeness (QED) is 0.224. The van der Waals surface area contributed by atoms with Gasteiger partial charge in [-0.05, 0) is 70.0 Å². The number of carbonyl (C=O) groups is 1. The first-order valence-corrected chi connectivity index (χ1v) is 11.7. The van der Waals surface area contributed by atoms with Crippen LogP contribution in [-0.4, -0.2) is 5.91 Å².